The lowest BCUT2D eigenvalue weighted by atomic mass is 9.87. The summed E-state index contributed by atoms with van der Waals surface area (Å²) >= 11 is 12.7. The topological polar surface area (TPSA) is 84.8 Å². The van der Waals surface area contributed by atoms with Crippen LogP contribution in [0.5, 0.6) is 0 Å². The number of carbonyl (C=O) groups is 1. The van der Waals surface area contributed by atoms with E-state index in [1.807, 2.05) is 0 Å². The second-order valence-electron chi connectivity index (χ2n) is 8.46. The minimum absolute atomic E-state index is 0.0273. The number of sulfone groups is 1. The Morgan fingerprint density at radius 1 is 1.29 bits per heavy atom. The summed E-state index contributed by atoms with van der Waals surface area (Å²) in [4.78, 5) is 18.4. The number of rotatable bonds is 5. The Kier molecular flexibility index (Phi) is 6.88. The average molecular weight is 573 g/mol. The van der Waals surface area contributed by atoms with Crippen LogP contribution in [0.3, 0.4) is 0 Å². The quantitative estimate of drug-likeness (QED) is 0.388. The molecule has 4 rings (SSSR count). The third-order valence-electron chi connectivity index (χ3n) is 5.76. The number of fused-ring (bicyclic) bond motifs is 1. The summed E-state index contributed by atoms with van der Waals surface area (Å²) in [5.41, 5.74) is -2.65. The molecule has 6 nitrogen and oxygen atoms in total. The zero-order chi connectivity index (χ0) is 25.8. The summed E-state index contributed by atoms with van der Waals surface area (Å²) in [5.74, 6) is -2.35. The Labute approximate surface area is 212 Å². The Bertz CT molecular complexity index is 1300. The van der Waals surface area contributed by atoms with Gasteiger partial charge in [-0.15, -0.1) is 11.3 Å². The molecule has 1 aliphatic carbocycles. The van der Waals surface area contributed by atoms with Crippen LogP contribution in [0.2, 0.25) is 10.0 Å². The van der Waals surface area contributed by atoms with E-state index in [0.717, 1.165) is 23.3 Å². The van der Waals surface area contributed by atoms with Crippen molar-refractivity contribution in [1.29, 1.82) is 0 Å². The number of carbonyl (C=O) groups excluding carboxylic acids is 1. The Hall–Kier alpha value is -1.89. The summed E-state index contributed by atoms with van der Waals surface area (Å²) in [5, 5.41) is 5.26. The van der Waals surface area contributed by atoms with Gasteiger partial charge in [-0.05, 0) is 43.0 Å². The number of thiophene rings is 1. The van der Waals surface area contributed by atoms with E-state index >= 15 is 0 Å². The third-order valence-corrected chi connectivity index (χ3v) is 8.36. The minimum atomic E-state index is -4.93. The van der Waals surface area contributed by atoms with Gasteiger partial charge in [-0.3, -0.25) is 4.79 Å². The van der Waals surface area contributed by atoms with Crippen LogP contribution in [0.1, 0.15) is 46.2 Å². The summed E-state index contributed by atoms with van der Waals surface area (Å²) in [6, 6.07) is 2.82. The van der Waals surface area contributed by atoms with Gasteiger partial charge >= 0.3 is 6.18 Å². The van der Waals surface area contributed by atoms with Crippen molar-refractivity contribution in [1.82, 2.24) is 5.32 Å². The Morgan fingerprint density at radius 2 is 1.94 bits per heavy atom. The van der Waals surface area contributed by atoms with Crippen molar-refractivity contribution in [2.75, 3.05) is 12.0 Å². The maximum atomic E-state index is 14.3. The number of hydrogen-bond donors (Lipinski definition) is 1. The molecule has 2 atom stereocenters. The molecule has 2 aliphatic rings. The molecule has 0 saturated heterocycles. The van der Waals surface area contributed by atoms with Gasteiger partial charge in [0.1, 0.15) is 11.5 Å². The monoisotopic (exact) mass is 572 g/mol. The zero-order valence-electron chi connectivity index (χ0n) is 18.0. The second kappa shape index (κ2) is 9.20. The van der Waals surface area contributed by atoms with Gasteiger partial charge in [-0.1, -0.05) is 28.4 Å². The lowest BCUT2D eigenvalue weighted by Gasteiger charge is -2.29. The summed E-state index contributed by atoms with van der Waals surface area (Å²) in [6.07, 6.45) is -2.75. The molecule has 1 aromatic heterocycles. The van der Waals surface area contributed by atoms with Gasteiger partial charge in [0, 0.05) is 16.7 Å². The molecule has 2 heterocycles. The van der Waals surface area contributed by atoms with Gasteiger partial charge in [-0.2, -0.15) is 13.2 Å². The largest absolute Gasteiger partial charge is 0.435 e. The number of amides is 1. The first-order chi connectivity index (χ1) is 16.2. The SMILES string of the molecule is CS(=O)(=O)CC(=O)NC1CCCc2sc(C3=NOC(c4cc(Cl)c(F)c(Cl)c4)(C(F)(F)F)C3)cc21. The van der Waals surface area contributed by atoms with Gasteiger partial charge in [-0.25, -0.2) is 12.8 Å². The maximum absolute atomic E-state index is 14.3. The minimum Gasteiger partial charge on any atom is -0.374 e. The van der Waals surface area contributed by atoms with E-state index in [1.54, 1.807) is 6.07 Å². The fourth-order valence-electron chi connectivity index (χ4n) is 4.15. The zero-order valence-corrected chi connectivity index (χ0v) is 21.2. The highest BCUT2D eigenvalue weighted by Gasteiger charge is 2.62. The molecule has 2 aromatic rings. The molecule has 14 heteroatoms. The highest BCUT2D eigenvalue weighted by molar-refractivity contribution is 7.91. The van der Waals surface area contributed by atoms with Crippen LogP contribution in [0.25, 0.3) is 0 Å². The Balaban J connectivity index is 1.63. The standard InChI is InChI=1S/C21H18Cl2F4N2O4S2/c1-35(31,32)9-18(30)28-14-3-2-4-16-11(14)7-17(34-16)15-8-20(33-29-15,21(25,26)27)10-5-12(22)19(24)13(23)6-10/h5-7,14H,2-4,8-9H2,1H3,(H,28,30). The molecule has 1 N–H and O–H groups in total. The van der Waals surface area contributed by atoms with Crippen molar-refractivity contribution >= 4 is 56.0 Å². The first kappa shape index (κ1) is 26.2. The van der Waals surface area contributed by atoms with Crippen molar-refractivity contribution < 1.29 is 35.6 Å². The highest BCUT2D eigenvalue weighted by atomic mass is 35.5. The van der Waals surface area contributed by atoms with E-state index in [-0.39, 0.29) is 5.71 Å². The first-order valence-electron chi connectivity index (χ1n) is 10.3. The number of alkyl halides is 3. The highest BCUT2D eigenvalue weighted by Crippen LogP contribution is 2.51. The van der Waals surface area contributed by atoms with Crippen LogP contribution in [0.15, 0.2) is 23.4 Å². The molecule has 35 heavy (non-hydrogen) atoms. The molecular weight excluding hydrogens is 555 g/mol. The van der Waals surface area contributed by atoms with E-state index in [9.17, 15) is 30.8 Å². The molecule has 0 bridgehead atoms. The van der Waals surface area contributed by atoms with E-state index in [1.165, 1.54) is 11.3 Å². The smallest absolute Gasteiger partial charge is 0.374 e. The molecule has 0 radical (unpaired) electrons. The fraction of sp³-hybridized carbons (Fsp3) is 0.429. The van der Waals surface area contributed by atoms with Crippen LogP contribution in [0.4, 0.5) is 17.6 Å². The van der Waals surface area contributed by atoms with Crippen molar-refractivity contribution in [3.8, 4) is 0 Å². The number of nitrogens with one attached hydrogen (secondary N) is 1. The summed E-state index contributed by atoms with van der Waals surface area (Å²) in [6.45, 7) is 0. The second-order valence-corrected chi connectivity index (χ2v) is 12.5. The maximum Gasteiger partial charge on any atom is 0.435 e. The van der Waals surface area contributed by atoms with Gasteiger partial charge in [0.05, 0.1) is 27.4 Å². The van der Waals surface area contributed by atoms with E-state index in [4.69, 9.17) is 28.0 Å². The molecule has 0 fully saturated rings. The number of aryl methyl sites for hydroxylation is 1. The predicted octanol–water partition coefficient (Wildman–Crippen LogP) is 5.31. The number of halogens is 6. The van der Waals surface area contributed by atoms with Gasteiger partial charge in [0.25, 0.3) is 5.60 Å². The molecule has 0 saturated carbocycles. The van der Waals surface area contributed by atoms with E-state index in [0.29, 0.717) is 29.7 Å². The van der Waals surface area contributed by atoms with Gasteiger partial charge in [0.15, 0.2) is 15.7 Å². The first-order valence-corrected chi connectivity index (χ1v) is 13.9. The van der Waals surface area contributed by atoms with Crippen molar-refractivity contribution in [3.63, 3.8) is 0 Å². The Morgan fingerprint density at radius 3 is 2.54 bits per heavy atom. The van der Waals surface area contributed by atoms with Crippen LogP contribution in [-0.4, -0.2) is 38.2 Å². The summed E-state index contributed by atoms with van der Waals surface area (Å²) in [7, 11) is -3.52. The van der Waals surface area contributed by atoms with Gasteiger partial charge < -0.3 is 10.2 Å². The molecule has 1 amide bonds. The molecule has 1 aromatic carbocycles. The van der Waals surface area contributed by atoms with Crippen LogP contribution < -0.4 is 5.32 Å². The molecule has 190 valence electrons. The van der Waals surface area contributed by atoms with Crippen molar-refractivity contribution in [2.45, 2.75) is 43.5 Å². The number of oxime groups is 1. The van der Waals surface area contributed by atoms with Crippen LogP contribution >= 0.6 is 34.5 Å². The number of nitrogens with zero attached hydrogens (tertiary/aromatic N) is 1. The fourth-order valence-corrected chi connectivity index (χ4v) is 6.44. The lowest BCUT2D eigenvalue weighted by molar-refractivity contribution is -0.275. The molecule has 2 unspecified atom stereocenters. The van der Waals surface area contributed by atoms with Crippen LogP contribution in [-0.2, 0) is 31.5 Å². The molecule has 1 aliphatic heterocycles. The molecular formula is C21H18Cl2F4N2O4S2. The van der Waals surface area contributed by atoms with E-state index < -0.39 is 67.2 Å². The van der Waals surface area contributed by atoms with Crippen molar-refractivity contribution in [2.24, 2.45) is 5.16 Å². The van der Waals surface area contributed by atoms with Crippen molar-refractivity contribution in [3.05, 3.63) is 54.9 Å². The average Bonchev–Trinajstić information content (AvgIpc) is 3.35. The number of hydrogen-bond acceptors (Lipinski definition) is 6. The third kappa shape index (κ3) is 5.16. The lowest BCUT2D eigenvalue weighted by Crippen LogP contribution is -2.42. The predicted molar refractivity (Wildman–Crippen MR) is 124 cm³/mol. The normalized spacial score (nSPS) is 22.4. The van der Waals surface area contributed by atoms with E-state index in [2.05, 4.69) is 10.5 Å². The number of benzene rings is 1. The van der Waals surface area contributed by atoms with Crippen LogP contribution in [0, 0.1) is 5.82 Å². The van der Waals surface area contributed by atoms with Gasteiger partial charge in [0.2, 0.25) is 5.91 Å². The summed E-state index contributed by atoms with van der Waals surface area (Å²) < 4.78 is 79.4. The molecule has 0 spiro atoms.